The molecule has 0 radical (unpaired) electrons. The first-order valence-corrected chi connectivity index (χ1v) is 12.5. The van der Waals surface area contributed by atoms with Crippen LogP contribution in [-0.4, -0.2) is 33.4 Å². The molecule has 1 aliphatic rings. The van der Waals surface area contributed by atoms with Gasteiger partial charge in [-0.2, -0.15) is 0 Å². The van der Waals surface area contributed by atoms with Crippen LogP contribution in [0.25, 0.3) is 11.4 Å². The van der Waals surface area contributed by atoms with E-state index in [9.17, 15) is 9.18 Å². The van der Waals surface area contributed by atoms with Crippen molar-refractivity contribution in [3.63, 3.8) is 0 Å². The first kappa shape index (κ1) is 23.3. The van der Waals surface area contributed by atoms with Crippen LogP contribution in [0.2, 0.25) is 0 Å². The molecule has 1 aliphatic heterocycles. The van der Waals surface area contributed by atoms with Crippen molar-refractivity contribution in [1.29, 1.82) is 0 Å². The molecule has 1 saturated heterocycles. The van der Waals surface area contributed by atoms with E-state index in [-0.39, 0.29) is 17.8 Å². The maximum Gasteiger partial charge on any atom is 0.255 e. The van der Waals surface area contributed by atoms with E-state index < -0.39 is 0 Å². The summed E-state index contributed by atoms with van der Waals surface area (Å²) in [5, 5.41) is 12.5. The van der Waals surface area contributed by atoms with Gasteiger partial charge in [-0.15, -0.1) is 10.2 Å². The van der Waals surface area contributed by atoms with Crippen LogP contribution in [0.5, 0.6) is 0 Å². The maximum atomic E-state index is 13.5. The zero-order chi connectivity index (χ0) is 24.0. The number of amides is 1. The minimum Gasteiger partial charge on any atom is -0.376 e. The van der Waals surface area contributed by atoms with E-state index in [1.54, 1.807) is 30.0 Å². The first-order chi connectivity index (χ1) is 17.2. The Balaban J connectivity index is 1.33. The van der Waals surface area contributed by atoms with E-state index >= 15 is 0 Å². The Kier molecular flexibility index (Phi) is 7.20. The monoisotopic (exact) mass is 488 g/mol. The molecule has 1 amide bonds. The van der Waals surface area contributed by atoms with Crippen molar-refractivity contribution < 1.29 is 13.9 Å². The molecular weight excluding hydrogens is 463 g/mol. The second-order valence-electron chi connectivity index (χ2n) is 8.37. The number of para-hydroxylation sites is 1. The number of hydrogen-bond acceptors (Lipinski definition) is 5. The fraction of sp³-hybridized carbons (Fsp3) is 0.222. The van der Waals surface area contributed by atoms with Crippen molar-refractivity contribution in [2.75, 3.05) is 11.9 Å². The highest BCUT2D eigenvalue weighted by molar-refractivity contribution is 7.98. The van der Waals surface area contributed by atoms with E-state index in [4.69, 9.17) is 4.74 Å². The van der Waals surface area contributed by atoms with Crippen LogP contribution in [0.15, 0.2) is 84.0 Å². The lowest BCUT2D eigenvalue weighted by Crippen LogP contribution is -2.16. The molecule has 5 rings (SSSR count). The second kappa shape index (κ2) is 10.8. The molecule has 0 bridgehead atoms. The summed E-state index contributed by atoms with van der Waals surface area (Å²) in [5.41, 5.74) is 3.17. The van der Waals surface area contributed by atoms with Crippen LogP contribution in [0.3, 0.4) is 0 Å². The normalized spacial score (nSPS) is 15.3. The smallest absolute Gasteiger partial charge is 0.255 e. The summed E-state index contributed by atoms with van der Waals surface area (Å²) in [6.07, 6.45) is 2.14. The second-order valence-corrected chi connectivity index (χ2v) is 9.31. The minimum atomic E-state index is -0.287. The zero-order valence-corrected chi connectivity index (χ0v) is 19.9. The Hall–Kier alpha value is -3.49. The molecule has 1 fully saturated rings. The Morgan fingerprint density at radius 2 is 1.89 bits per heavy atom. The van der Waals surface area contributed by atoms with Gasteiger partial charge in [-0.3, -0.25) is 9.36 Å². The number of anilines is 1. The average molecular weight is 489 g/mol. The van der Waals surface area contributed by atoms with E-state index in [2.05, 4.69) is 20.1 Å². The standard InChI is InChI=1S/C27H25FN4O2S/c28-22-13-11-20(12-14-22)25-30-31-27(32(25)17-24-10-5-15-34-24)35-18-19-6-4-7-21(16-19)26(33)29-23-8-2-1-3-9-23/h1-4,6-9,11-14,16,24H,5,10,15,17-18H2,(H,29,33). The van der Waals surface area contributed by atoms with Crippen molar-refractivity contribution in [2.24, 2.45) is 0 Å². The van der Waals surface area contributed by atoms with Crippen LogP contribution in [0, 0.1) is 5.82 Å². The molecule has 1 aromatic heterocycles. The lowest BCUT2D eigenvalue weighted by molar-refractivity contribution is 0.0953. The Labute approximate surface area is 207 Å². The third-order valence-electron chi connectivity index (χ3n) is 5.82. The molecular formula is C27H25FN4O2S. The molecule has 3 aromatic carbocycles. The first-order valence-electron chi connectivity index (χ1n) is 11.5. The van der Waals surface area contributed by atoms with Gasteiger partial charge in [0.15, 0.2) is 11.0 Å². The van der Waals surface area contributed by atoms with Crippen molar-refractivity contribution in [3.05, 3.63) is 95.8 Å². The van der Waals surface area contributed by atoms with E-state index in [1.165, 1.54) is 12.1 Å². The SMILES string of the molecule is O=C(Nc1ccccc1)c1cccc(CSc2nnc(-c3ccc(F)cc3)n2CC2CCCO2)c1. The van der Waals surface area contributed by atoms with Crippen LogP contribution in [0.1, 0.15) is 28.8 Å². The van der Waals surface area contributed by atoms with Crippen LogP contribution < -0.4 is 5.32 Å². The number of benzene rings is 3. The molecule has 0 spiro atoms. The maximum absolute atomic E-state index is 13.5. The quantitative estimate of drug-likeness (QED) is 0.317. The molecule has 2 heterocycles. The van der Waals surface area contributed by atoms with Gasteiger partial charge in [-0.25, -0.2) is 4.39 Å². The number of ether oxygens (including phenoxy) is 1. The summed E-state index contributed by atoms with van der Waals surface area (Å²) >= 11 is 1.55. The Morgan fingerprint density at radius 3 is 2.66 bits per heavy atom. The molecule has 1 unspecified atom stereocenters. The number of hydrogen-bond donors (Lipinski definition) is 1. The summed E-state index contributed by atoms with van der Waals surface area (Å²) in [7, 11) is 0. The predicted molar refractivity (Wildman–Crippen MR) is 135 cm³/mol. The van der Waals surface area contributed by atoms with Gasteiger partial charge in [0.05, 0.1) is 12.6 Å². The van der Waals surface area contributed by atoms with Crippen molar-refractivity contribution >= 4 is 23.4 Å². The van der Waals surface area contributed by atoms with Crippen molar-refractivity contribution in [2.45, 2.75) is 36.4 Å². The summed E-state index contributed by atoms with van der Waals surface area (Å²) in [6.45, 7) is 1.40. The van der Waals surface area contributed by atoms with E-state index in [1.807, 2.05) is 48.5 Å². The van der Waals surface area contributed by atoms with Crippen molar-refractivity contribution in [3.8, 4) is 11.4 Å². The Morgan fingerprint density at radius 1 is 1.06 bits per heavy atom. The van der Waals surface area contributed by atoms with Gasteiger partial charge < -0.3 is 10.1 Å². The molecule has 1 atom stereocenters. The summed E-state index contributed by atoms with van der Waals surface area (Å²) in [4.78, 5) is 12.7. The van der Waals surface area contributed by atoms with Crippen molar-refractivity contribution in [1.82, 2.24) is 14.8 Å². The molecule has 4 aromatic rings. The van der Waals surface area contributed by atoms with E-state index in [0.29, 0.717) is 23.7 Å². The summed E-state index contributed by atoms with van der Waals surface area (Å²) in [6, 6.07) is 23.3. The van der Waals surface area contributed by atoms with Crippen LogP contribution in [-0.2, 0) is 17.0 Å². The third-order valence-corrected chi connectivity index (χ3v) is 6.86. The number of nitrogens with zero attached hydrogens (tertiary/aromatic N) is 3. The number of thioether (sulfide) groups is 1. The van der Waals surface area contributed by atoms with Crippen LogP contribution in [0.4, 0.5) is 10.1 Å². The minimum absolute atomic E-state index is 0.106. The number of carbonyl (C=O) groups excluding carboxylic acids is 1. The van der Waals surface area contributed by atoms with E-state index in [0.717, 1.165) is 41.4 Å². The average Bonchev–Trinajstić information content (AvgIpc) is 3.55. The lowest BCUT2D eigenvalue weighted by Gasteiger charge is -2.15. The van der Waals surface area contributed by atoms with Gasteiger partial charge in [0.2, 0.25) is 0 Å². The fourth-order valence-corrected chi connectivity index (χ4v) is 4.93. The summed E-state index contributed by atoms with van der Waals surface area (Å²) < 4.78 is 21.4. The largest absolute Gasteiger partial charge is 0.376 e. The van der Waals surface area contributed by atoms with Gasteiger partial charge in [0.1, 0.15) is 5.82 Å². The number of nitrogens with one attached hydrogen (secondary N) is 1. The number of carbonyl (C=O) groups is 1. The lowest BCUT2D eigenvalue weighted by atomic mass is 10.1. The molecule has 6 nitrogen and oxygen atoms in total. The third kappa shape index (κ3) is 5.78. The molecule has 1 N–H and O–H groups in total. The molecule has 178 valence electrons. The molecule has 35 heavy (non-hydrogen) atoms. The number of aromatic nitrogens is 3. The zero-order valence-electron chi connectivity index (χ0n) is 19.1. The number of halogens is 1. The number of rotatable bonds is 8. The van der Waals surface area contributed by atoms with Crippen LogP contribution >= 0.6 is 11.8 Å². The van der Waals surface area contributed by atoms with Gasteiger partial charge in [0.25, 0.3) is 5.91 Å². The van der Waals surface area contributed by atoms with Gasteiger partial charge in [-0.05, 0) is 66.9 Å². The predicted octanol–water partition coefficient (Wildman–Crippen LogP) is 5.81. The Bertz CT molecular complexity index is 1290. The highest BCUT2D eigenvalue weighted by atomic mass is 32.2. The highest BCUT2D eigenvalue weighted by Crippen LogP contribution is 2.29. The fourth-order valence-electron chi connectivity index (χ4n) is 4.04. The molecule has 0 saturated carbocycles. The topological polar surface area (TPSA) is 69.0 Å². The summed E-state index contributed by atoms with van der Waals surface area (Å²) in [5.74, 6) is 0.881. The van der Waals surface area contributed by atoms with Gasteiger partial charge in [0, 0.05) is 29.2 Å². The highest BCUT2D eigenvalue weighted by Gasteiger charge is 2.22. The molecule has 8 heteroatoms. The molecule has 0 aliphatic carbocycles. The van der Waals surface area contributed by atoms with Gasteiger partial charge in [-0.1, -0.05) is 42.1 Å². The van der Waals surface area contributed by atoms with Gasteiger partial charge >= 0.3 is 0 Å².